The summed E-state index contributed by atoms with van der Waals surface area (Å²) >= 11 is 0. The van der Waals surface area contributed by atoms with Crippen molar-refractivity contribution in [3.63, 3.8) is 0 Å². The fourth-order valence-electron chi connectivity index (χ4n) is 9.78. The number of carbonyl (C=O) groups excluding carboxylic acids is 3. The van der Waals surface area contributed by atoms with Gasteiger partial charge in [0.2, 0.25) is 0 Å². The highest BCUT2D eigenvalue weighted by Crippen LogP contribution is 2.16. The van der Waals surface area contributed by atoms with Crippen LogP contribution in [0.1, 0.15) is 271 Å². The van der Waals surface area contributed by atoms with E-state index in [0.717, 1.165) is 148 Å². The predicted molar refractivity (Wildman–Crippen MR) is 416 cm³/mol. The maximum Gasteiger partial charge on any atom is 0.306 e. The molecule has 9 nitrogen and oxygen atoms in total. The lowest BCUT2D eigenvalue weighted by Crippen LogP contribution is -2.44. The lowest BCUT2D eigenvalue weighted by molar-refractivity contribution is -0.870. The van der Waals surface area contributed by atoms with Gasteiger partial charge in [-0.05, 0) is 148 Å². The van der Waals surface area contributed by atoms with Crippen LogP contribution in [0.3, 0.4) is 0 Å². The first-order chi connectivity index (χ1) is 47.6. The summed E-state index contributed by atoms with van der Waals surface area (Å²) in [4.78, 5) is 37.6. The third-order valence-corrected chi connectivity index (χ3v) is 15.5. The molecule has 0 aromatic heterocycles. The number of aliphatic carboxylic acids is 1. The minimum absolute atomic E-state index is 0.131. The Morgan fingerprint density at radius 1 is 0.309 bits per heavy atom. The normalized spacial score (nSPS) is 13.9. The highest BCUT2D eigenvalue weighted by molar-refractivity contribution is 5.70. The number of likely N-dealkylation sites (N-methyl/N-ethyl adjacent to an activating group) is 1. The van der Waals surface area contributed by atoms with Gasteiger partial charge in [-0.1, -0.05) is 317 Å². The van der Waals surface area contributed by atoms with Gasteiger partial charge < -0.3 is 33.3 Å². The molecule has 0 amide bonds. The average molecular weight is 1340 g/mol. The first kappa shape index (κ1) is 90.9. The van der Waals surface area contributed by atoms with Crippen LogP contribution in [-0.2, 0) is 33.3 Å². The van der Waals surface area contributed by atoms with Crippen LogP contribution in [0.4, 0.5) is 0 Å². The number of nitrogens with zero attached hydrogens (tertiary/aromatic N) is 1. The summed E-state index contributed by atoms with van der Waals surface area (Å²) in [6, 6.07) is 0. The molecule has 0 aromatic rings. The van der Waals surface area contributed by atoms with Crippen molar-refractivity contribution in [3.05, 3.63) is 207 Å². The van der Waals surface area contributed by atoms with Crippen LogP contribution in [0, 0.1) is 0 Å². The Balaban J connectivity index is 4.16. The van der Waals surface area contributed by atoms with Gasteiger partial charge in [-0.15, -0.1) is 0 Å². The fourth-order valence-corrected chi connectivity index (χ4v) is 9.78. The summed E-state index contributed by atoms with van der Waals surface area (Å²) in [5, 5.41) is 11.8. The molecule has 0 aliphatic rings. The minimum Gasteiger partial charge on any atom is -0.545 e. The van der Waals surface area contributed by atoms with E-state index in [-0.39, 0.29) is 38.6 Å². The van der Waals surface area contributed by atoms with Crippen molar-refractivity contribution >= 4 is 17.9 Å². The molecule has 0 spiro atoms. The van der Waals surface area contributed by atoms with E-state index >= 15 is 0 Å². The number of hydrogen-bond donors (Lipinski definition) is 0. The largest absolute Gasteiger partial charge is 0.545 e. The Morgan fingerprint density at radius 3 is 0.835 bits per heavy atom. The average Bonchev–Trinajstić information content (AvgIpc) is 2.39. The second kappa shape index (κ2) is 75.6. The molecule has 0 N–H and O–H groups in total. The number of carboxylic acids is 1. The fraction of sp³-hybridized carbons (Fsp3) is 0.580. The summed E-state index contributed by atoms with van der Waals surface area (Å²) < 4.78 is 22.8. The van der Waals surface area contributed by atoms with Crippen LogP contribution in [0.15, 0.2) is 207 Å². The minimum atomic E-state index is -1.64. The second-order valence-corrected chi connectivity index (χ2v) is 25.8. The zero-order valence-corrected chi connectivity index (χ0v) is 62.1. The molecule has 0 rings (SSSR count). The van der Waals surface area contributed by atoms with Gasteiger partial charge in [0.15, 0.2) is 12.4 Å². The smallest absolute Gasteiger partial charge is 0.306 e. The van der Waals surface area contributed by atoms with Crippen LogP contribution in [0.2, 0.25) is 0 Å². The molecule has 0 fully saturated rings. The van der Waals surface area contributed by atoms with Crippen molar-refractivity contribution < 1.29 is 42.9 Å². The summed E-state index contributed by atoms with van der Waals surface area (Å²) in [5.74, 6) is -2.34. The van der Waals surface area contributed by atoms with E-state index in [1.54, 1.807) is 0 Å². The molecule has 0 heterocycles. The Bertz CT molecular complexity index is 2350. The highest BCUT2D eigenvalue weighted by atomic mass is 16.7. The predicted octanol–water partition coefficient (Wildman–Crippen LogP) is 23.4. The molecule has 544 valence electrons. The van der Waals surface area contributed by atoms with E-state index in [0.29, 0.717) is 17.4 Å². The van der Waals surface area contributed by atoms with Crippen molar-refractivity contribution in [1.29, 1.82) is 0 Å². The summed E-state index contributed by atoms with van der Waals surface area (Å²) in [7, 11) is 5.91. The molecule has 0 saturated carbocycles. The Morgan fingerprint density at radius 2 is 0.557 bits per heavy atom. The van der Waals surface area contributed by atoms with Crippen LogP contribution in [-0.4, -0.2) is 82.3 Å². The molecule has 0 aliphatic heterocycles. The Labute approximate surface area is 594 Å². The van der Waals surface area contributed by atoms with E-state index < -0.39 is 24.3 Å². The molecule has 0 aliphatic carbocycles. The third kappa shape index (κ3) is 77.1. The zero-order chi connectivity index (χ0) is 70.4. The first-order valence-corrected chi connectivity index (χ1v) is 38.2. The maximum absolute atomic E-state index is 12.9. The summed E-state index contributed by atoms with van der Waals surface area (Å²) in [6.45, 7) is 4.46. The number of esters is 2. The second-order valence-electron chi connectivity index (χ2n) is 25.8. The Kier molecular flexibility index (Phi) is 70.9. The molecule has 0 radical (unpaired) electrons. The molecular formula is C88H139NO8. The quantitative estimate of drug-likeness (QED) is 0.0195. The molecule has 0 aromatic carbocycles. The highest BCUT2D eigenvalue weighted by Gasteiger charge is 2.22. The molecule has 2 unspecified atom stereocenters. The number of carbonyl (C=O) groups is 3. The monoisotopic (exact) mass is 1340 g/mol. The maximum atomic E-state index is 12.9. The van der Waals surface area contributed by atoms with Crippen LogP contribution >= 0.6 is 0 Å². The lowest BCUT2D eigenvalue weighted by atomic mass is 10.0. The van der Waals surface area contributed by atoms with Crippen molar-refractivity contribution in [2.45, 2.75) is 283 Å². The van der Waals surface area contributed by atoms with Crippen molar-refractivity contribution in [1.82, 2.24) is 0 Å². The Hall–Kier alpha value is -6.13. The number of ether oxygens (including phenoxy) is 4. The third-order valence-electron chi connectivity index (χ3n) is 15.5. The zero-order valence-electron chi connectivity index (χ0n) is 62.1. The van der Waals surface area contributed by atoms with Gasteiger partial charge in [0, 0.05) is 12.8 Å². The van der Waals surface area contributed by atoms with Gasteiger partial charge in [-0.25, -0.2) is 0 Å². The lowest BCUT2D eigenvalue weighted by Gasteiger charge is -2.26. The molecule has 9 heteroatoms. The van der Waals surface area contributed by atoms with Gasteiger partial charge in [0.25, 0.3) is 0 Å². The summed E-state index contributed by atoms with van der Waals surface area (Å²) in [5.41, 5.74) is 0. The van der Waals surface area contributed by atoms with Crippen LogP contribution in [0.25, 0.3) is 0 Å². The van der Waals surface area contributed by atoms with Gasteiger partial charge in [0.05, 0.1) is 40.3 Å². The topological polar surface area (TPSA) is 111 Å². The van der Waals surface area contributed by atoms with Crippen LogP contribution in [0.5, 0.6) is 0 Å². The van der Waals surface area contributed by atoms with E-state index in [1.807, 2.05) is 21.1 Å². The van der Waals surface area contributed by atoms with Gasteiger partial charge in [-0.3, -0.25) is 9.59 Å². The standard InChI is InChI=1S/C88H139NO8/c1-6-8-10-12-14-16-18-20-22-24-26-28-30-32-34-36-38-39-40-41-42-43-44-45-46-47-49-50-52-54-56-58-60-62-64-66-68-70-72-74-76-78-85(90)95-82-84(83-96-88(87(92)93)94-81-80-89(3,4)5)97-86(91)79-77-75-73-71-69-67-65-63-61-59-57-55-53-51-48-37-35-33-31-29-27-25-23-21-19-17-15-13-11-9-7-2/h8-11,14-17,20-23,26-29,32-35,38-39,41-42,44-45,48,51,55,57,61,63,67,69,84,88H,6-7,12-13,18-19,24-25,30-31,36-37,40,43,46-47,49-50,52-54,56,58-60,62,64-66,68,70-83H2,1-5H3/b10-8-,11-9-,16-14-,17-15-,22-20-,23-21-,28-26-,29-27-,34-32-,35-33-,39-38-,42-41-,45-44-,51-48-,57-55-,63-61-,69-67-. The number of rotatable bonds is 68. The molecule has 0 bridgehead atoms. The molecule has 97 heavy (non-hydrogen) atoms. The number of hydrogen-bond acceptors (Lipinski definition) is 8. The van der Waals surface area contributed by atoms with Gasteiger partial charge >= 0.3 is 11.9 Å². The van der Waals surface area contributed by atoms with Crippen molar-refractivity contribution in [3.8, 4) is 0 Å². The van der Waals surface area contributed by atoms with Gasteiger partial charge in [0.1, 0.15) is 13.2 Å². The number of quaternary nitrogens is 1. The van der Waals surface area contributed by atoms with E-state index in [4.69, 9.17) is 18.9 Å². The van der Waals surface area contributed by atoms with Gasteiger partial charge in [-0.2, -0.15) is 0 Å². The molecular weight excluding hydrogens is 1200 g/mol. The molecule has 2 atom stereocenters. The van der Waals surface area contributed by atoms with Crippen LogP contribution < -0.4 is 5.11 Å². The van der Waals surface area contributed by atoms with E-state index in [9.17, 15) is 19.5 Å². The SMILES string of the molecule is CC/C=C\C/C=C\C/C=C\C/C=C\C/C=C\C/C=C\C/C=C\C/C=C\C/C=C\CCCCCC(=O)OC(COC(=O)CCCCCCCCCCCCCCCCCC/C=C\C/C=C\C/C=C\C/C=C\C/C=C\C/C=C\C/C=C\C/C=C\CC)COC(OCC[N+](C)(C)C)C(=O)[O-]. The number of carboxylic acid groups (broad SMARTS) is 1. The number of unbranched alkanes of at least 4 members (excludes halogenated alkanes) is 19. The van der Waals surface area contributed by atoms with Crippen molar-refractivity contribution in [2.24, 2.45) is 0 Å². The molecule has 0 saturated heterocycles. The summed E-state index contributed by atoms with van der Waals surface area (Å²) in [6.07, 6.45) is 115. The van der Waals surface area contributed by atoms with E-state index in [2.05, 4.69) is 220 Å². The first-order valence-electron chi connectivity index (χ1n) is 38.2. The van der Waals surface area contributed by atoms with E-state index in [1.165, 1.54) is 89.9 Å². The van der Waals surface area contributed by atoms with Crippen molar-refractivity contribution in [2.75, 3.05) is 47.5 Å². The number of allylic oxidation sites excluding steroid dienone is 34.